The maximum Gasteiger partial charge on any atom is 0.0668 e. The number of hydrogen-bond donors (Lipinski definition) is 1. The normalized spacial score (nSPS) is 12.1. The minimum absolute atomic E-state index is 0.000202. The molecule has 1 heterocycles. The van der Waals surface area contributed by atoms with Crippen LogP contribution in [0.4, 0.5) is 0 Å². The predicted octanol–water partition coefficient (Wildman–Crippen LogP) is 3.38. The van der Waals surface area contributed by atoms with Gasteiger partial charge in [-0.25, -0.2) is 0 Å². The van der Waals surface area contributed by atoms with Crippen molar-refractivity contribution in [3.05, 3.63) is 35.2 Å². The molecule has 0 spiro atoms. The fourth-order valence-electron chi connectivity index (χ4n) is 1.65. The van der Waals surface area contributed by atoms with Crippen molar-refractivity contribution < 1.29 is 0 Å². The Morgan fingerprint density at radius 3 is 3.06 bits per heavy atom. The smallest absolute Gasteiger partial charge is 0.0668 e. The minimum Gasteiger partial charge on any atom is -0.318 e. The largest absolute Gasteiger partial charge is 0.318 e. The van der Waals surface area contributed by atoms with Crippen LogP contribution in [0, 0.1) is 11.8 Å². The Labute approximate surface area is 100 Å². The highest BCUT2D eigenvalue weighted by Crippen LogP contribution is 2.23. The summed E-state index contributed by atoms with van der Waals surface area (Å²) < 4.78 is 1.26. The van der Waals surface area contributed by atoms with Crippen LogP contribution in [0.15, 0.2) is 29.6 Å². The molecule has 16 heavy (non-hydrogen) atoms. The van der Waals surface area contributed by atoms with Crippen LogP contribution in [0.25, 0.3) is 10.1 Å². The molecule has 0 aliphatic heterocycles. The number of hydrogen-bond acceptors (Lipinski definition) is 2. The Hall–Kier alpha value is -1.30. The first-order valence-corrected chi connectivity index (χ1v) is 6.42. The maximum absolute atomic E-state index is 5.88. The van der Waals surface area contributed by atoms with Crippen molar-refractivity contribution in [2.24, 2.45) is 5.73 Å². The Balaban J connectivity index is 2.30. The van der Waals surface area contributed by atoms with Crippen LogP contribution in [0.3, 0.4) is 0 Å². The van der Waals surface area contributed by atoms with Crippen LogP contribution in [-0.2, 0) is 0 Å². The van der Waals surface area contributed by atoms with E-state index in [1.165, 1.54) is 10.1 Å². The second-order valence-electron chi connectivity index (χ2n) is 3.81. The molecule has 0 fully saturated rings. The van der Waals surface area contributed by atoms with E-state index >= 15 is 0 Å². The van der Waals surface area contributed by atoms with Crippen molar-refractivity contribution in [3.8, 4) is 11.8 Å². The summed E-state index contributed by atoms with van der Waals surface area (Å²) in [6.45, 7) is 2.13. The van der Waals surface area contributed by atoms with E-state index in [0.717, 1.165) is 18.4 Å². The summed E-state index contributed by atoms with van der Waals surface area (Å²) in [5.74, 6) is 6.31. The van der Waals surface area contributed by atoms with Crippen LogP contribution in [0.5, 0.6) is 0 Å². The lowest BCUT2D eigenvalue weighted by atomic mass is 10.1. The van der Waals surface area contributed by atoms with E-state index < -0.39 is 0 Å². The monoisotopic (exact) mass is 229 g/mol. The molecule has 0 bridgehead atoms. The van der Waals surface area contributed by atoms with Gasteiger partial charge in [-0.2, -0.15) is 0 Å². The number of thiophene rings is 1. The van der Waals surface area contributed by atoms with Crippen molar-refractivity contribution in [1.29, 1.82) is 0 Å². The topological polar surface area (TPSA) is 26.0 Å². The zero-order valence-corrected chi connectivity index (χ0v) is 10.2. The van der Waals surface area contributed by atoms with Gasteiger partial charge in [0.1, 0.15) is 0 Å². The van der Waals surface area contributed by atoms with Gasteiger partial charge >= 0.3 is 0 Å². The highest BCUT2D eigenvalue weighted by atomic mass is 32.1. The molecule has 0 saturated carbocycles. The van der Waals surface area contributed by atoms with E-state index in [1.54, 1.807) is 11.3 Å². The van der Waals surface area contributed by atoms with E-state index in [-0.39, 0.29) is 6.04 Å². The fourth-order valence-corrected chi connectivity index (χ4v) is 2.51. The average Bonchev–Trinajstić information content (AvgIpc) is 2.75. The molecule has 0 aliphatic rings. The van der Waals surface area contributed by atoms with Crippen LogP contribution < -0.4 is 5.73 Å². The average molecular weight is 229 g/mol. The number of fused-ring (bicyclic) bond motifs is 1. The molecule has 2 N–H and O–H groups in total. The van der Waals surface area contributed by atoms with Gasteiger partial charge in [0.05, 0.1) is 6.04 Å². The standard InChI is InChI=1S/C14H15NS/c1-2-4-13(15)8-7-11-5-3-6-12-9-10-16-14(11)12/h3,5-6,9-10,13H,2,4,15H2,1H3. The number of nitrogens with two attached hydrogens (primary N) is 1. The number of rotatable bonds is 2. The summed E-state index contributed by atoms with van der Waals surface area (Å²) in [6.07, 6.45) is 2.05. The Bertz CT molecular complexity index is 530. The molecule has 1 atom stereocenters. The first-order valence-electron chi connectivity index (χ1n) is 5.54. The SMILES string of the molecule is CCCC(N)C#Cc1cccc2ccsc12. The first-order chi connectivity index (χ1) is 7.81. The minimum atomic E-state index is 0.000202. The highest BCUT2D eigenvalue weighted by molar-refractivity contribution is 7.17. The zero-order chi connectivity index (χ0) is 11.4. The van der Waals surface area contributed by atoms with Gasteiger partial charge in [0.15, 0.2) is 0 Å². The summed E-state index contributed by atoms with van der Waals surface area (Å²) in [4.78, 5) is 0. The summed E-state index contributed by atoms with van der Waals surface area (Å²) in [7, 11) is 0. The highest BCUT2D eigenvalue weighted by Gasteiger charge is 1.99. The van der Waals surface area contributed by atoms with Crippen LogP contribution in [0.2, 0.25) is 0 Å². The molecule has 0 amide bonds. The van der Waals surface area contributed by atoms with E-state index in [9.17, 15) is 0 Å². The third-order valence-electron chi connectivity index (χ3n) is 2.47. The van der Waals surface area contributed by atoms with E-state index in [4.69, 9.17) is 5.73 Å². The third-order valence-corrected chi connectivity index (χ3v) is 3.43. The summed E-state index contributed by atoms with van der Waals surface area (Å²) >= 11 is 1.74. The Morgan fingerprint density at radius 2 is 2.25 bits per heavy atom. The van der Waals surface area contributed by atoms with Crippen LogP contribution >= 0.6 is 11.3 Å². The Kier molecular flexibility index (Phi) is 3.61. The number of benzene rings is 1. The van der Waals surface area contributed by atoms with Gasteiger partial charge in [0.2, 0.25) is 0 Å². The van der Waals surface area contributed by atoms with Crippen molar-refractivity contribution >= 4 is 21.4 Å². The summed E-state index contributed by atoms with van der Waals surface area (Å²) in [5, 5.41) is 3.36. The van der Waals surface area contributed by atoms with Crippen LogP contribution in [0.1, 0.15) is 25.3 Å². The molecule has 82 valence electrons. The molecule has 1 aromatic carbocycles. The molecule has 1 nitrogen and oxygen atoms in total. The Morgan fingerprint density at radius 1 is 1.38 bits per heavy atom. The second-order valence-corrected chi connectivity index (χ2v) is 4.73. The molecule has 0 radical (unpaired) electrons. The zero-order valence-electron chi connectivity index (χ0n) is 9.36. The quantitative estimate of drug-likeness (QED) is 0.785. The van der Waals surface area contributed by atoms with Crippen LogP contribution in [-0.4, -0.2) is 6.04 Å². The lowest BCUT2D eigenvalue weighted by Gasteiger charge is -1.99. The van der Waals surface area contributed by atoms with E-state index in [0.29, 0.717) is 0 Å². The van der Waals surface area contributed by atoms with Gasteiger partial charge in [-0.3, -0.25) is 0 Å². The third kappa shape index (κ3) is 2.44. The van der Waals surface area contributed by atoms with Gasteiger partial charge in [-0.15, -0.1) is 11.3 Å². The maximum atomic E-state index is 5.88. The van der Waals surface area contributed by atoms with E-state index in [2.05, 4.69) is 42.3 Å². The lowest BCUT2D eigenvalue weighted by molar-refractivity contribution is 0.720. The van der Waals surface area contributed by atoms with Crippen molar-refractivity contribution in [2.75, 3.05) is 0 Å². The molecule has 2 rings (SSSR count). The van der Waals surface area contributed by atoms with Gasteiger partial charge in [-0.05, 0) is 29.3 Å². The van der Waals surface area contributed by atoms with E-state index in [1.807, 2.05) is 6.07 Å². The molecule has 0 saturated heterocycles. The lowest BCUT2D eigenvalue weighted by Crippen LogP contribution is -2.16. The summed E-state index contributed by atoms with van der Waals surface area (Å²) in [5.41, 5.74) is 6.98. The fraction of sp³-hybridized carbons (Fsp3) is 0.286. The first kappa shape index (κ1) is 11.2. The predicted molar refractivity (Wildman–Crippen MR) is 71.6 cm³/mol. The molecule has 2 heteroatoms. The molecular formula is C14H15NS. The molecular weight excluding hydrogens is 214 g/mol. The van der Waals surface area contributed by atoms with Crippen molar-refractivity contribution in [1.82, 2.24) is 0 Å². The van der Waals surface area contributed by atoms with Crippen molar-refractivity contribution in [2.45, 2.75) is 25.8 Å². The molecule has 0 aliphatic carbocycles. The van der Waals surface area contributed by atoms with Gasteiger partial charge in [0.25, 0.3) is 0 Å². The van der Waals surface area contributed by atoms with Gasteiger partial charge in [0, 0.05) is 10.3 Å². The molecule has 1 aromatic heterocycles. The van der Waals surface area contributed by atoms with Gasteiger partial charge in [-0.1, -0.05) is 37.3 Å². The molecule has 1 unspecified atom stereocenters. The van der Waals surface area contributed by atoms with Gasteiger partial charge < -0.3 is 5.73 Å². The van der Waals surface area contributed by atoms with Crippen molar-refractivity contribution in [3.63, 3.8) is 0 Å². The second kappa shape index (κ2) is 5.16. The summed E-state index contributed by atoms with van der Waals surface area (Å²) in [6, 6.07) is 8.34. The molecule has 2 aromatic rings.